The van der Waals surface area contributed by atoms with Gasteiger partial charge in [-0.25, -0.2) is 0 Å². The van der Waals surface area contributed by atoms with Crippen LogP contribution in [0.3, 0.4) is 0 Å². The van der Waals surface area contributed by atoms with Gasteiger partial charge in [0.05, 0.1) is 13.2 Å². The van der Waals surface area contributed by atoms with Crippen molar-refractivity contribution in [3.05, 3.63) is 0 Å². The van der Waals surface area contributed by atoms with E-state index in [9.17, 15) is 0 Å². The van der Waals surface area contributed by atoms with E-state index in [-0.39, 0.29) is 0 Å². The maximum absolute atomic E-state index is 5.72. The minimum Gasteiger partial charge on any atom is -0.322 e. The highest BCUT2D eigenvalue weighted by molar-refractivity contribution is 8.67. The summed E-state index contributed by atoms with van der Waals surface area (Å²) in [4.78, 5) is 0. The predicted molar refractivity (Wildman–Crippen MR) is 74.1 cm³/mol. The molecular formula is C10H23O2PS2. The Kier molecular flexibility index (Phi) is 10.7. The number of unbranched alkanes of at least 4 members (excludes halogenated alkanes) is 2. The molecule has 0 fully saturated rings. The molecule has 0 heterocycles. The van der Waals surface area contributed by atoms with Gasteiger partial charge in [-0.15, -0.1) is 0 Å². The molecule has 0 radical (unpaired) electrons. The molecule has 15 heavy (non-hydrogen) atoms. The van der Waals surface area contributed by atoms with Gasteiger partial charge in [-0.1, -0.05) is 45.0 Å². The van der Waals surface area contributed by atoms with Gasteiger partial charge in [-0.05, 0) is 30.4 Å². The van der Waals surface area contributed by atoms with Gasteiger partial charge in [0.15, 0.2) is 0 Å². The molecule has 0 atom stereocenters. The van der Waals surface area contributed by atoms with Crippen molar-refractivity contribution in [1.82, 2.24) is 0 Å². The van der Waals surface area contributed by atoms with E-state index in [1.165, 1.54) is 0 Å². The first-order chi connectivity index (χ1) is 7.18. The summed E-state index contributed by atoms with van der Waals surface area (Å²) in [6.07, 6.45) is 4.42. The van der Waals surface area contributed by atoms with Crippen LogP contribution in [0, 0.1) is 0 Å². The van der Waals surface area contributed by atoms with Gasteiger partial charge in [0, 0.05) is 0 Å². The second-order valence-corrected chi connectivity index (χ2v) is 9.84. The summed E-state index contributed by atoms with van der Waals surface area (Å²) in [5, 5.41) is 0. The maximum atomic E-state index is 5.72. The molecule has 0 aliphatic heterocycles. The second kappa shape index (κ2) is 10.1. The van der Waals surface area contributed by atoms with Crippen molar-refractivity contribution in [3.63, 3.8) is 0 Å². The third-order valence-corrected chi connectivity index (χ3v) is 7.29. The van der Waals surface area contributed by atoms with Crippen LogP contribution in [-0.4, -0.2) is 19.0 Å². The first kappa shape index (κ1) is 15.9. The molecule has 0 aromatic heterocycles. The lowest BCUT2D eigenvalue weighted by Crippen LogP contribution is -1.97. The van der Waals surface area contributed by atoms with E-state index in [2.05, 4.69) is 20.8 Å². The highest BCUT2D eigenvalue weighted by atomic mass is 32.9. The van der Waals surface area contributed by atoms with E-state index in [1.54, 1.807) is 11.4 Å². The molecule has 0 aliphatic rings. The van der Waals surface area contributed by atoms with Crippen molar-refractivity contribution in [2.45, 2.75) is 46.5 Å². The van der Waals surface area contributed by atoms with E-state index in [4.69, 9.17) is 20.9 Å². The zero-order valence-electron chi connectivity index (χ0n) is 10.0. The second-order valence-electron chi connectivity index (χ2n) is 3.24. The summed E-state index contributed by atoms with van der Waals surface area (Å²) in [5.41, 5.74) is -2.03. The summed E-state index contributed by atoms with van der Waals surface area (Å²) in [5.74, 6) is 0.968. The quantitative estimate of drug-likeness (QED) is 0.426. The largest absolute Gasteiger partial charge is 0.322 e. The summed E-state index contributed by atoms with van der Waals surface area (Å²) >= 11 is 7.12. The zero-order valence-corrected chi connectivity index (χ0v) is 12.6. The number of hydrogen-bond donors (Lipinski definition) is 0. The van der Waals surface area contributed by atoms with E-state index in [0.29, 0.717) is 0 Å². The fourth-order valence-corrected chi connectivity index (χ4v) is 5.40. The summed E-state index contributed by atoms with van der Waals surface area (Å²) in [6.45, 7) is 7.88. The van der Waals surface area contributed by atoms with Crippen LogP contribution in [0.15, 0.2) is 0 Å². The van der Waals surface area contributed by atoms with Crippen LogP contribution in [0.1, 0.15) is 46.5 Å². The Labute approximate surface area is 103 Å². The van der Waals surface area contributed by atoms with Gasteiger partial charge in [0.2, 0.25) is 5.69 Å². The Hall–Kier alpha value is 0.920. The minimum absolute atomic E-state index is 0.743. The predicted octanol–water partition coefficient (Wildman–Crippen LogP) is 4.60. The molecular weight excluding hydrogens is 247 g/mol. The molecule has 0 N–H and O–H groups in total. The van der Waals surface area contributed by atoms with Crippen molar-refractivity contribution >= 4 is 28.9 Å². The van der Waals surface area contributed by atoms with Crippen LogP contribution in [0.4, 0.5) is 0 Å². The van der Waals surface area contributed by atoms with E-state index in [1.807, 2.05) is 0 Å². The Morgan fingerprint density at radius 3 is 1.80 bits per heavy atom. The first-order valence-electron chi connectivity index (χ1n) is 5.72. The highest BCUT2D eigenvalue weighted by Gasteiger charge is 2.18. The Balaban J connectivity index is 3.89. The molecule has 0 spiro atoms. The number of rotatable bonds is 10. The highest BCUT2D eigenvalue weighted by Crippen LogP contribution is 2.60. The van der Waals surface area contributed by atoms with Crippen molar-refractivity contribution in [2.24, 2.45) is 0 Å². The van der Waals surface area contributed by atoms with Crippen LogP contribution >= 0.6 is 17.1 Å². The monoisotopic (exact) mass is 270 g/mol. The minimum atomic E-state index is -2.03. The number of hydrogen-bond acceptors (Lipinski definition) is 4. The van der Waals surface area contributed by atoms with E-state index < -0.39 is 5.69 Å². The molecule has 0 aromatic carbocycles. The molecule has 5 heteroatoms. The van der Waals surface area contributed by atoms with Crippen molar-refractivity contribution < 1.29 is 9.05 Å². The van der Waals surface area contributed by atoms with Gasteiger partial charge < -0.3 is 9.05 Å². The molecule has 0 saturated heterocycles. The summed E-state index contributed by atoms with van der Waals surface area (Å²) in [7, 11) is 0. The Morgan fingerprint density at radius 2 is 1.47 bits per heavy atom. The van der Waals surface area contributed by atoms with Gasteiger partial charge >= 0.3 is 0 Å². The van der Waals surface area contributed by atoms with Crippen LogP contribution < -0.4 is 0 Å². The Morgan fingerprint density at radius 1 is 1.00 bits per heavy atom. The van der Waals surface area contributed by atoms with Gasteiger partial charge in [-0.2, -0.15) is 0 Å². The first-order valence-corrected chi connectivity index (χ1v) is 9.95. The molecule has 0 aliphatic carbocycles. The van der Waals surface area contributed by atoms with Crippen LogP contribution in [0.25, 0.3) is 0 Å². The van der Waals surface area contributed by atoms with Crippen molar-refractivity contribution in [2.75, 3.05) is 19.0 Å². The zero-order chi connectivity index (χ0) is 11.6. The molecule has 0 rings (SSSR count). The average molecular weight is 270 g/mol. The molecule has 0 bridgehead atoms. The molecule has 0 unspecified atom stereocenters. The Bertz CT molecular complexity index is 174. The third-order valence-electron chi connectivity index (χ3n) is 1.78. The average Bonchev–Trinajstić information content (AvgIpc) is 2.19. The fourth-order valence-electron chi connectivity index (χ4n) is 0.911. The SMILES string of the molecule is CCCCOP(=S)(OCCCC)SCC. The third kappa shape index (κ3) is 8.70. The molecule has 0 saturated carbocycles. The smallest absolute Gasteiger partial charge is 0.247 e. The van der Waals surface area contributed by atoms with Crippen LogP contribution in [0.5, 0.6) is 0 Å². The normalized spacial score (nSPS) is 11.9. The van der Waals surface area contributed by atoms with Gasteiger partial charge in [0.1, 0.15) is 0 Å². The summed E-state index contributed by atoms with van der Waals surface area (Å²) < 4.78 is 11.4. The maximum Gasteiger partial charge on any atom is 0.247 e. The lowest BCUT2D eigenvalue weighted by atomic mass is 10.4. The molecule has 2 nitrogen and oxygen atoms in total. The van der Waals surface area contributed by atoms with E-state index >= 15 is 0 Å². The summed E-state index contributed by atoms with van der Waals surface area (Å²) in [6, 6.07) is 0. The molecule has 0 aromatic rings. The van der Waals surface area contributed by atoms with Crippen molar-refractivity contribution in [3.8, 4) is 0 Å². The fraction of sp³-hybridized carbons (Fsp3) is 1.00. The van der Waals surface area contributed by atoms with Gasteiger partial charge in [-0.3, -0.25) is 0 Å². The topological polar surface area (TPSA) is 18.5 Å². The standard InChI is InChI=1S/C10H23O2PS2/c1-4-7-9-11-13(14,15-6-3)12-10-8-5-2/h4-10H2,1-3H3. The van der Waals surface area contributed by atoms with Crippen LogP contribution in [-0.2, 0) is 20.9 Å². The van der Waals surface area contributed by atoms with Gasteiger partial charge in [0.25, 0.3) is 0 Å². The molecule has 92 valence electrons. The lowest BCUT2D eigenvalue weighted by molar-refractivity contribution is 0.253. The van der Waals surface area contributed by atoms with Crippen molar-refractivity contribution in [1.29, 1.82) is 0 Å². The molecule has 0 amide bonds. The van der Waals surface area contributed by atoms with Crippen LogP contribution in [0.2, 0.25) is 0 Å². The lowest BCUT2D eigenvalue weighted by Gasteiger charge is -2.20. The van der Waals surface area contributed by atoms with E-state index in [0.717, 1.165) is 44.6 Å².